The minimum atomic E-state index is -0.217. The van der Waals surface area contributed by atoms with Crippen LogP contribution in [-0.4, -0.2) is 37.4 Å². The summed E-state index contributed by atoms with van der Waals surface area (Å²) in [7, 11) is 0. The third-order valence-electron chi connectivity index (χ3n) is 3.81. The Labute approximate surface area is 110 Å². The van der Waals surface area contributed by atoms with Crippen molar-refractivity contribution < 1.29 is 9.47 Å². The van der Waals surface area contributed by atoms with E-state index in [1.165, 1.54) is 0 Å². The number of nitrogens with zero attached hydrogens (tertiary/aromatic N) is 1. The highest BCUT2D eigenvalue weighted by molar-refractivity contribution is 5.84. The summed E-state index contributed by atoms with van der Waals surface area (Å²) in [6.07, 6.45) is -0.00929. The van der Waals surface area contributed by atoms with Crippen LogP contribution in [-0.2, 0) is 9.47 Å². The van der Waals surface area contributed by atoms with Gasteiger partial charge in [0.2, 0.25) is 0 Å². The summed E-state index contributed by atoms with van der Waals surface area (Å²) >= 11 is 0. The van der Waals surface area contributed by atoms with Gasteiger partial charge in [-0.2, -0.15) is 0 Å². The van der Waals surface area contributed by atoms with Crippen LogP contribution < -0.4 is 5.32 Å². The summed E-state index contributed by atoms with van der Waals surface area (Å²) in [6.45, 7) is 14.4. The van der Waals surface area contributed by atoms with Gasteiger partial charge in [-0.15, -0.1) is 0 Å². The molecule has 1 fully saturated rings. The van der Waals surface area contributed by atoms with E-state index in [1.807, 2.05) is 0 Å². The van der Waals surface area contributed by atoms with E-state index in [2.05, 4.69) is 46.9 Å². The van der Waals surface area contributed by atoms with Crippen molar-refractivity contribution >= 4 is 5.90 Å². The maximum Gasteiger partial charge on any atom is 0.193 e. The van der Waals surface area contributed by atoms with Crippen LogP contribution in [0.5, 0.6) is 0 Å². The third-order valence-corrected chi connectivity index (χ3v) is 3.81. The Bertz CT molecular complexity index is 344. The fourth-order valence-corrected chi connectivity index (χ4v) is 2.29. The minimum absolute atomic E-state index is 0.00929. The molecule has 0 radical (unpaired) electrons. The molecule has 1 N–H and O–H groups in total. The Kier molecular flexibility index (Phi) is 3.45. The maximum atomic E-state index is 5.83. The number of hydrogen-bond donors (Lipinski definition) is 1. The fourth-order valence-electron chi connectivity index (χ4n) is 2.29. The van der Waals surface area contributed by atoms with Crippen LogP contribution in [0.1, 0.15) is 41.5 Å². The molecule has 2 aliphatic heterocycles. The van der Waals surface area contributed by atoms with Crippen molar-refractivity contribution in [2.75, 3.05) is 13.2 Å². The number of aliphatic imine (C=N–C) groups is 1. The molecule has 104 valence electrons. The van der Waals surface area contributed by atoms with Crippen LogP contribution >= 0.6 is 0 Å². The maximum absolute atomic E-state index is 5.83. The standard InChI is InChI=1S/C14H26N2O2/c1-9-7-17-11(15-9)14(5,6)12-16-10(8-18-12)13(2,3)4/h9-11,15H,7-8H2,1-6H3/t9-,10+,11?/m0/s1. The Morgan fingerprint density at radius 2 is 1.83 bits per heavy atom. The summed E-state index contributed by atoms with van der Waals surface area (Å²) in [5, 5.41) is 3.44. The van der Waals surface area contributed by atoms with E-state index < -0.39 is 0 Å². The Balaban J connectivity index is 2.11. The van der Waals surface area contributed by atoms with E-state index in [0.717, 1.165) is 12.5 Å². The van der Waals surface area contributed by atoms with E-state index in [9.17, 15) is 0 Å². The molecule has 0 amide bonds. The van der Waals surface area contributed by atoms with Crippen molar-refractivity contribution in [2.45, 2.75) is 59.9 Å². The zero-order valence-corrected chi connectivity index (χ0v) is 12.4. The Morgan fingerprint density at radius 3 is 2.28 bits per heavy atom. The molecule has 2 rings (SSSR count). The second-order valence-corrected chi connectivity index (χ2v) is 7.13. The third kappa shape index (κ3) is 2.54. The van der Waals surface area contributed by atoms with Crippen molar-refractivity contribution in [3.8, 4) is 0 Å². The number of hydrogen-bond acceptors (Lipinski definition) is 4. The van der Waals surface area contributed by atoms with Crippen molar-refractivity contribution in [3.63, 3.8) is 0 Å². The van der Waals surface area contributed by atoms with Gasteiger partial charge in [0.1, 0.15) is 12.8 Å². The SMILES string of the molecule is C[C@H]1COC(C(C)(C)C2=N[C@@H](C(C)(C)C)CO2)N1. The van der Waals surface area contributed by atoms with Gasteiger partial charge in [0.15, 0.2) is 5.90 Å². The topological polar surface area (TPSA) is 42.9 Å². The number of rotatable bonds is 2. The predicted octanol–water partition coefficient (Wildman–Crippen LogP) is 2.19. The molecular formula is C14H26N2O2. The lowest BCUT2D eigenvalue weighted by atomic mass is 9.87. The van der Waals surface area contributed by atoms with E-state index >= 15 is 0 Å². The summed E-state index contributed by atoms with van der Waals surface area (Å²) in [5.41, 5.74) is -0.0696. The van der Waals surface area contributed by atoms with Gasteiger partial charge in [-0.25, -0.2) is 4.99 Å². The molecule has 1 saturated heterocycles. The van der Waals surface area contributed by atoms with Crippen molar-refractivity contribution in [1.82, 2.24) is 5.32 Å². The fraction of sp³-hybridized carbons (Fsp3) is 0.929. The lowest BCUT2D eigenvalue weighted by Crippen LogP contribution is -2.45. The molecule has 3 atom stereocenters. The van der Waals surface area contributed by atoms with Gasteiger partial charge < -0.3 is 9.47 Å². The van der Waals surface area contributed by atoms with Gasteiger partial charge in [-0.1, -0.05) is 20.8 Å². The van der Waals surface area contributed by atoms with E-state index in [1.54, 1.807) is 0 Å². The monoisotopic (exact) mass is 254 g/mol. The molecule has 0 saturated carbocycles. The molecule has 0 spiro atoms. The highest BCUT2D eigenvalue weighted by Crippen LogP contribution is 2.34. The normalized spacial score (nSPS) is 33.4. The van der Waals surface area contributed by atoms with Crippen LogP contribution in [0.4, 0.5) is 0 Å². The van der Waals surface area contributed by atoms with E-state index in [0.29, 0.717) is 12.6 Å². The zero-order valence-electron chi connectivity index (χ0n) is 12.4. The summed E-state index contributed by atoms with van der Waals surface area (Å²) in [5.74, 6) is 0.828. The van der Waals surface area contributed by atoms with Crippen molar-refractivity contribution in [1.29, 1.82) is 0 Å². The van der Waals surface area contributed by atoms with E-state index in [-0.39, 0.29) is 23.1 Å². The summed E-state index contributed by atoms with van der Waals surface area (Å²) < 4.78 is 11.6. The highest BCUT2D eigenvalue weighted by Gasteiger charge is 2.44. The lowest BCUT2D eigenvalue weighted by molar-refractivity contribution is 0.0308. The quantitative estimate of drug-likeness (QED) is 0.821. The first-order valence-corrected chi connectivity index (χ1v) is 6.80. The highest BCUT2D eigenvalue weighted by atomic mass is 16.5. The van der Waals surface area contributed by atoms with E-state index in [4.69, 9.17) is 14.5 Å². The first-order chi connectivity index (χ1) is 8.21. The molecule has 0 aromatic rings. The van der Waals surface area contributed by atoms with Crippen LogP contribution in [0.2, 0.25) is 0 Å². The molecule has 4 nitrogen and oxygen atoms in total. The molecule has 0 aromatic heterocycles. The lowest BCUT2D eigenvalue weighted by Gasteiger charge is -2.30. The molecule has 1 unspecified atom stereocenters. The summed E-state index contributed by atoms with van der Waals surface area (Å²) in [4.78, 5) is 4.78. The zero-order chi connectivity index (χ0) is 13.6. The molecule has 0 aliphatic carbocycles. The van der Waals surface area contributed by atoms with Gasteiger partial charge in [-0.3, -0.25) is 5.32 Å². The van der Waals surface area contributed by atoms with Crippen molar-refractivity contribution in [2.24, 2.45) is 15.8 Å². The first kappa shape index (κ1) is 13.8. The number of nitrogens with one attached hydrogen (secondary N) is 1. The van der Waals surface area contributed by atoms with Gasteiger partial charge >= 0.3 is 0 Å². The van der Waals surface area contributed by atoms with Crippen molar-refractivity contribution in [3.05, 3.63) is 0 Å². The molecule has 18 heavy (non-hydrogen) atoms. The van der Waals surface area contributed by atoms with Crippen LogP contribution in [0.25, 0.3) is 0 Å². The second kappa shape index (κ2) is 4.49. The summed E-state index contributed by atoms with van der Waals surface area (Å²) in [6, 6.07) is 0.639. The first-order valence-electron chi connectivity index (χ1n) is 6.80. The van der Waals surface area contributed by atoms with Gasteiger partial charge in [-0.05, 0) is 26.2 Å². The molecule has 0 bridgehead atoms. The smallest absolute Gasteiger partial charge is 0.193 e. The Hall–Kier alpha value is -0.610. The average molecular weight is 254 g/mol. The second-order valence-electron chi connectivity index (χ2n) is 7.13. The molecular weight excluding hydrogens is 228 g/mol. The average Bonchev–Trinajstić information content (AvgIpc) is 2.83. The van der Waals surface area contributed by atoms with Crippen LogP contribution in [0.15, 0.2) is 4.99 Å². The van der Waals surface area contributed by atoms with Crippen LogP contribution in [0, 0.1) is 10.8 Å². The van der Waals surface area contributed by atoms with Gasteiger partial charge in [0, 0.05) is 6.04 Å². The number of ether oxygens (including phenoxy) is 2. The molecule has 4 heteroatoms. The van der Waals surface area contributed by atoms with Gasteiger partial charge in [0.25, 0.3) is 0 Å². The molecule has 2 aliphatic rings. The predicted molar refractivity (Wildman–Crippen MR) is 72.7 cm³/mol. The molecule has 2 heterocycles. The molecule has 0 aromatic carbocycles. The minimum Gasteiger partial charge on any atom is -0.478 e. The Morgan fingerprint density at radius 1 is 1.17 bits per heavy atom. The largest absolute Gasteiger partial charge is 0.478 e. The van der Waals surface area contributed by atoms with Gasteiger partial charge in [0.05, 0.1) is 18.1 Å². The van der Waals surface area contributed by atoms with Crippen LogP contribution in [0.3, 0.4) is 0 Å².